The summed E-state index contributed by atoms with van der Waals surface area (Å²) in [5.74, 6) is 0.870. The van der Waals surface area contributed by atoms with Gasteiger partial charge in [-0.15, -0.1) is 0 Å². The summed E-state index contributed by atoms with van der Waals surface area (Å²) in [6.45, 7) is 4.28. The predicted octanol–water partition coefficient (Wildman–Crippen LogP) is 4.78. The number of aromatic nitrogens is 1. The number of methoxy groups -OCH3 is 1. The average Bonchev–Trinajstić information content (AvgIpc) is 2.53. The van der Waals surface area contributed by atoms with E-state index < -0.39 is 0 Å². The van der Waals surface area contributed by atoms with Gasteiger partial charge in [0.25, 0.3) is 0 Å². The zero-order chi connectivity index (χ0) is 14.8. The number of aryl methyl sites for hydroxylation is 2. The Bertz CT molecular complexity index is 793. The molecule has 0 saturated carbocycles. The third-order valence-electron chi connectivity index (χ3n) is 3.77. The van der Waals surface area contributed by atoms with Gasteiger partial charge in [0.15, 0.2) is 0 Å². The van der Waals surface area contributed by atoms with Crippen molar-refractivity contribution in [1.82, 2.24) is 4.98 Å². The van der Waals surface area contributed by atoms with Crippen LogP contribution >= 0.6 is 0 Å². The van der Waals surface area contributed by atoms with Gasteiger partial charge >= 0.3 is 0 Å². The molecule has 0 aliphatic heterocycles. The van der Waals surface area contributed by atoms with E-state index in [1.807, 2.05) is 18.2 Å². The maximum atomic E-state index is 5.30. The van der Waals surface area contributed by atoms with E-state index in [4.69, 9.17) is 9.72 Å². The molecule has 1 heterocycles. The first-order chi connectivity index (χ1) is 10.2. The number of hydrogen-bond acceptors (Lipinski definition) is 2. The van der Waals surface area contributed by atoms with Crippen LogP contribution in [0.1, 0.15) is 18.1 Å². The minimum atomic E-state index is 0.870. The molecule has 21 heavy (non-hydrogen) atoms. The highest BCUT2D eigenvalue weighted by Crippen LogP contribution is 2.28. The Hall–Kier alpha value is -2.35. The summed E-state index contributed by atoms with van der Waals surface area (Å²) in [5, 5.41) is 1.13. The van der Waals surface area contributed by atoms with E-state index in [2.05, 4.69) is 44.2 Å². The van der Waals surface area contributed by atoms with E-state index in [0.29, 0.717) is 0 Å². The second kappa shape index (κ2) is 5.57. The zero-order valence-corrected chi connectivity index (χ0v) is 12.7. The van der Waals surface area contributed by atoms with Gasteiger partial charge in [0.2, 0.25) is 0 Å². The first-order valence-electron chi connectivity index (χ1n) is 7.26. The van der Waals surface area contributed by atoms with Gasteiger partial charge in [-0.05, 0) is 49.2 Å². The Kier molecular flexibility index (Phi) is 3.61. The summed E-state index contributed by atoms with van der Waals surface area (Å²) in [5.41, 5.74) is 5.79. The largest absolute Gasteiger partial charge is 0.497 e. The highest BCUT2D eigenvalue weighted by molar-refractivity contribution is 5.84. The van der Waals surface area contributed by atoms with Crippen molar-refractivity contribution in [2.24, 2.45) is 0 Å². The van der Waals surface area contributed by atoms with Gasteiger partial charge in [0.05, 0.1) is 18.3 Å². The van der Waals surface area contributed by atoms with Gasteiger partial charge in [0.1, 0.15) is 5.75 Å². The van der Waals surface area contributed by atoms with Crippen LogP contribution in [-0.4, -0.2) is 12.1 Å². The highest BCUT2D eigenvalue weighted by atomic mass is 16.5. The molecule has 0 bridgehead atoms. The van der Waals surface area contributed by atoms with Gasteiger partial charge in [-0.2, -0.15) is 0 Å². The van der Waals surface area contributed by atoms with Crippen LogP contribution in [0.3, 0.4) is 0 Å². The maximum absolute atomic E-state index is 5.30. The second-order valence-corrected chi connectivity index (χ2v) is 5.28. The van der Waals surface area contributed by atoms with Crippen molar-refractivity contribution in [2.75, 3.05) is 7.11 Å². The smallest absolute Gasteiger partial charge is 0.119 e. The molecular formula is C19H19NO. The second-order valence-electron chi connectivity index (χ2n) is 5.28. The van der Waals surface area contributed by atoms with Crippen molar-refractivity contribution in [3.8, 4) is 17.0 Å². The molecule has 1 aromatic heterocycles. The van der Waals surface area contributed by atoms with Crippen molar-refractivity contribution < 1.29 is 4.74 Å². The van der Waals surface area contributed by atoms with Crippen molar-refractivity contribution in [1.29, 1.82) is 0 Å². The lowest BCUT2D eigenvalue weighted by atomic mass is 10.0. The average molecular weight is 277 g/mol. The molecule has 0 radical (unpaired) electrons. The van der Waals surface area contributed by atoms with Crippen LogP contribution in [0.2, 0.25) is 0 Å². The molecule has 106 valence electrons. The summed E-state index contributed by atoms with van der Waals surface area (Å²) in [6, 6.07) is 16.8. The molecule has 0 fully saturated rings. The predicted molar refractivity (Wildman–Crippen MR) is 87.8 cm³/mol. The Morgan fingerprint density at radius 3 is 2.62 bits per heavy atom. The van der Waals surface area contributed by atoms with E-state index in [9.17, 15) is 0 Å². The molecule has 2 nitrogen and oxygen atoms in total. The number of rotatable bonds is 3. The molecule has 0 aliphatic carbocycles. The van der Waals surface area contributed by atoms with Crippen molar-refractivity contribution in [3.63, 3.8) is 0 Å². The minimum Gasteiger partial charge on any atom is -0.497 e. The number of ether oxygens (including phenoxy) is 1. The summed E-state index contributed by atoms with van der Waals surface area (Å²) in [7, 11) is 1.69. The molecule has 0 atom stereocenters. The lowest BCUT2D eigenvalue weighted by Gasteiger charge is -2.11. The van der Waals surface area contributed by atoms with Crippen LogP contribution < -0.4 is 4.74 Å². The first kappa shape index (κ1) is 13.6. The van der Waals surface area contributed by atoms with Crippen LogP contribution in [0.4, 0.5) is 0 Å². The molecule has 0 amide bonds. The summed E-state index contributed by atoms with van der Waals surface area (Å²) in [4.78, 5) is 4.88. The fourth-order valence-electron chi connectivity index (χ4n) is 2.64. The Morgan fingerprint density at radius 2 is 1.90 bits per heavy atom. The number of fused-ring (bicyclic) bond motifs is 1. The lowest BCUT2D eigenvalue weighted by molar-refractivity contribution is 0.415. The molecule has 3 aromatic rings. The fourth-order valence-corrected chi connectivity index (χ4v) is 2.64. The molecular weight excluding hydrogens is 258 g/mol. The van der Waals surface area contributed by atoms with Gasteiger partial charge < -0.3 is 4.74 Å². The van der Waals surface area contributed by atoms with Gasteiger partial charge in [-0.3, -0.25) is 0 Å². The SMILES string of the molecule is CCc1cc2cc(OC)ccc2nc1-c1cccc(C)c1. The van der Waals surface area contributed by atoms with Crippen molar-refractivity contribution >= 4 is 10.9 Å². The van der Waals surface area contributed by atoms with Crippen molar-refractivity contribution in [3.05, 3.63) is 59.7 Å². The van der Waals surface area contributed by atoms with Gasteiger partial charge in [0, 0.05) is 10.9 Å². The van der Waals surface area contributed by atoms with Gasteiger partial charge in [-0.25, -0.2) is 4.98 Å². The van der Waals surface area contributed by atoms with Crippen LogP contribution in [0.25, 0.3) is 22.2 Å². The highest BCUT2D eigenvalue weighted by Gasteiger charge is 2.09. The Morgan fingerprint density at radius 1 is 1.05 bits per heavy atom. The molecule has 0 saturated heterocycles. The molecule has 2 aromatic carbocycles. The van der Waals surface area contributed by atoms with E-state index in [-0.39, 0.29) is 0 Å². The molecule has 0 spiro atoms. The topological polar surface area (TPSA) is 22.1 Å². The van der Waals surface area contributed by atoms with Crippen LogP contribution in [0.5, 0.6) is 5.75 Å². The first-order valence-corrected chi connectivity index (χ1v) is 7.26. The standard InChI is InChI=1S/C19H19NO/c1-4-14-11-16-12-17(21-3)8-9-18(16)20-19(14)15-7-5-6-13(2)10-15/h5-12H,4H2,1-3H3. The van der Waals surface area contributed by atoms with E-state index in [0.717, 1.165) is 28.8 Å². The number of pyridine rings is 1. The fraction of sp³-hybridized carbons (Fsp3) is 0.211. The zero-order valence-electron chi connectivity index (χ0n) is 12.7. The normalized spacial score (nSPS) is 10.8. The monoisotopic (exact) mass is 277 g/mol. The van der Waals surface area contributed by atoms with Crippen LogP contribution in [-0.2, 0) is 6.42 Å². The number of nitrogens with zero attached hydrogens (tertiary/aromatic N) is 1. The van der Waals surface area contributed by atoms with E-state index in [1.165, 1.54) is 16.7 Å². The molecule has 2 heteroatoms. The summed E-state index contributed by atoms with van der Waals surface area (Å²) < 4.78 is 5.30. The van der Waals surface area contributed by atoms with Crippen molar-refractivity contribution in [2.45, 2.75) is 20.3 Å². The van der Waals surface area contributed by atoms with E-state index in [1.54, 1.807) is 7.11 Å². The van der Waals surface area contributed by atoms with Crippen LogP contribution in [0.15, 0.2) is 48.5 Å². The Labute approximate surface area is 125 Å². The summed E-state index contributed by atoms with van der Waals surface area (Å²) in [6.07, 6.45) is 0.962. The lowest BCUT2D eigenvalue weighted by Crippen LogP contribution is -1.94. The van der Waals surface area contributed by atoms with E-state index >= 15 is 0 Å². The minimum absolute atomic E-state index is 0.870. The molecule has 0 N–H and O–H groups in total. The molecule has 3 rings (SSSR count). The third kappa shape index (κ3) is 2.62. The number of benzene rings is 2. The van der Waals surface area contributed by atoms with Crippen LogP contribution in [0, 0.1) is 6.92 Å². The summed E-state index contributed by atoms with van der Waals surface area (Å²) >= 11 is 0. The molecule has 0 aliphatic rings. The maximum Gasteiger partial charge on any atom is 0.119 e. The molecule has 0 unspecified atom stereocenters. The third-order valence-corrected chi connectivity index (χ3v) is 3.77. The quantitative estimate of drug-likeness (QED) is 0.687. The number of hydrogen-bond donors (Lipinski definition) is 0. The Balaban J connectivity index is 2.22. The van der Waals surface area contributed by atoms with Gasteiger partial charge in [-0.1, -0.05) is 30.7 Å².